The van der Waals surface area contributed by atoms with Crippen molar-refractivity contribution in [1.29, 1.82) is 0 Å². The van der Waals surface area contributed by atoms with E-state index >= 15 is 0 Å². The highest BCUT2D eigenvalue weighted by Crippen LogP contribution is 2.10. The molecule has 0 aromatic carbocycles. The summed E-state index contributed by atoms with van der Waals surface area (Å²) < 4.78 is 24.5. The first-order valence-electron chi connectivity index (χ1n) is 4.65. The van der Waals surface area contributed by atoms with Crippen LogP contribution in [0.25, 0.3) is 0 Å². The van der Waals surface area contributed by atoms with Crippen LogP contribution in [0.15, 0.2) is 0 Å². The monoisotopic (exact) mass is 208 g/mol. The lowest BCUT2D eigenvalue weighted by molar-refractivity contribution is 0.350. The molecule has 0 aliphatic carbocycles. The molecule has 2 N–H and O–H groups in total. The minimum atomic E-state index is -3.13. The molecule has 0 atom stereocenters. The lowest BCUT2D eigenvalue weighted by Crippen LogP contribution is -2.39. The van der Waals surface area contributed by atoms with Gasteiger partial charge in [-0.25, -0.2) is 12.7 Å². The summed E-state index contributed by atoms with van der Waals surface area (Å²) in [6, 6.07) is 0.108. The second kappa shape index (κ2) is 5.57. The summed E-state index contributed by atoms with van der Waals surface area (Å²) in [5.74, 6) is 0.0417. The zero-order chi connectivity index (χ0) is 10.5. The first kappa shape index (κ1) is 12.9. The first-order chi connectivity index (χ1) is 5.99. The van der Waals surface area contributed by atoms with E-state index in [1.54, 1.807) is 7.05 Å². The van der Waals surface area contributed by atoms with Gasteiger partial charge in [-0.2, -0.15) is 0 Å². The van der Waals surface area contributed by atoms with Crippen LogP contribution in [0.3, 0.4) is 0 Å². The molecule has 0 aromatic rings. The van der Waals surface area contributed by atoms with Gasteiger partial charge in [0.2, 0.25) is 10.0 Å². The van der Waals surface area contributed by atoms with E-state index in [0.29, 0.717) is 0 Å². The molecule has 0 heterocycles. The van der Waals surface area contributed by atoms with E-state index in [2.05, 4.69) is 0 Å². The number of rotatable bonds is 6. The Balaban J connectivity index is 4.46. The summed E-state index contributed by atoms with van der Waals surface area (Å²) in [5, 5.41) is 0. The average Bonchev–Trinajstić information content (AvgIpc) is 2.06. The molecule has 80 valence electrons. The van der Waals surface area contributed by atoms with E-state index in [0.717, 1.165) is 12.8 Å². The van der Waals surface area contributed by atoms with Gasteiger partial charge >= 0.3 is 0 Å². The van der Waals surface area contributed by atoms with Gasteiger partial charge in [-0.1, -0.05) is 13.8 Å². The largest absolute Gasteiger partial charge is 0.329 e. The molecule has 0 unspecified atom stereocenters. The molecular weight excluding hydrogens is 188 g/mol. The average molecular weight is 208 g/mol. The van der Waals surface area contributed by atoms with Gasteiger partial charge in [0.15, 0.2) is 0 Å². The van der Waals surface area contributed by atoms with Crippen LogP contribution in [0.1, 0.15) is 26.7 Å². The van der Waals surface area contributed by atoms with Gasteiger partial charge in [-0.3, -0.25) is 0 Å². The fourth-order valence-corrected chi connectivity index (χ4v) is 2.66. The molecule has 0 spiro atoms. The molecular formula is C8H20N2O2S. The third kappa shape index (κ3) is 3.62. The molecule has 0 amide bonds. The summed E-state index contributed by atoms with van der Waals surface area (Å²) in [5.41, 5.74) is 5.23. The predicted octanol–water partition coefficient (Wildman–Crippen LogP) is 0.395. The van der Waals surface area contributed by atoms with Crippen molar-refractivity contribution in [3.05, 3.63) is 0 Å². The maximum atomic E-state index is 11.5. The van der Waals surface area contributed by atoms with Gasteiger partial charge < -0.3 is 5.73 Å². The van der Waals surface area contributed by atoms with Crippen molar-refractivity contribution in [2.45, 2.75) is 32.7 Å². The van der Waals surface area contributed by atoms with E-state index in [-0.39, 0.29) is 18.3 Å². The topological polar surface area (TPSA) is 63.4 Å². The van der Waals surface area contributed by atoms with Crippen molar-refractivity contribution in [2.24, 2.45) is 5.73 Å². The van der Waals surface area contributed by atoms with Gasteiger partial charge in [0, 0.05) is 19.6 Å². The molecule has 0 aliphatic rings. The Labute approximate surface area is 81.2 Å². The maximum absolute atomic E-state index is 11.5. The SMILES string of the molecule is CCC(CC)N(C)S(=O)(=O)CCN. The smallest absolute Gasteiger partial charge is 0.215 e. The first-order valence-corrected chi connectivity index (χ1v) is 6.26. The zero-order valence-electron chi connectivity index (χ0n) is 8.66. The Bertz CT molecular complexity index is 222. The van der Waals surface area contributed by atoms with Gasteiger partial charge in [-0.05, 0) is 12.8 Å². The van der Waals surface area contributed by atoms with E-state index < -0.39 is 10.0 Å². The number of hydrogen-bond donors (Lipinski definition) is 1. The quantitative estimate of drug-likeness (QED) is 0.687. The van der Waals surface area contributed by atoms with E-state index in [4.69, 9.17) is 5.73 Å². The Hall–Kier alpha value is -0.130. The zero-order valence-corrected chi connectivity index (χ0v) is 9.47. The normalized spacial score (nSPS) is 12.8. The molecule has 4 nitrogen and oxygen atoms in total. The van der Waals surface area contributed by atoms with E-state index in [1.807, 2.05) is 13.8 Å². The van der Waals surface area contributed by atoms with Crippen LogP contribution in [-0.4, -0.2) is 38.1 Å². The van der Waals surface area contributed by atoms with E-state index in [1.165, 1.54) is 4.31 Å². The molecule has 0 aliphatic heterocycles. The molecule has 0 fully saturated rings. The summed E-state index contributed by atoms with van der Waals surface area (Å²) in [4.78, 5) is 0. The van der Waals surface area contributed by atoms with Crippen LogP contribution >= 0.6 is 0 Å². The highest BCUT2D eigenvalue weighted by Gasteiger charge is 2.22. The Morgan fingerprint density at radius 3 is 2.08 bits per heavy atom. The summed E-state index contributed by atoms with van der Waals surface area (Å²) in [7, 11) is -1.50. The number of sulfonamides is 1. The van der Waals surface area contributed by atoms with Crippen molar-refractivity contribution < 1.29 is 8.42 Å². The lowest BCUT2D eigenvalue weighted by atomic mass is 10.2. The van der Waals surface area contributed by atoms with Crippen LogP contribution < -0.4 is 5.73 Å². The molecule has 13 heavy (non-hydrogen) atoms. The standard InChI is InChI=1S/C8H20N2O2S/c1-4-8(5-2)10(3)13(11,12)7-6-9/h8H,4-7,9H2,1-3H3. The molecule has 5 heteroatoms. The number of hydrogen-bond acceptors (Lipinski definition) is 3. The van der Waals surface area contributed by atoms with Crippen LogP contribution in [0.4, 0.5) is 0 Å². The molecule has 0 radical (unpaired) electrons. The van der Waals surface area contributed by atoms with Crippen molar-refractivity contribution in [3.63, 3.8) is 0 Å². The van der Waals surface area contributed by atoms with Gasteiger partial charge in [-0.15, -0.1) is 0 Å². The molecule has 0 aromatic heterocycles. The van der Waals surface area contributed by atoms with Crippen molar-refractivity contribution in [3.8, 4) is 0 Å². The van der Waals surface area contributed by atoms with Gasteiger partial charge in [0.05, 0.1) is 5.75 Å². The molecule has 0 saturated heterocycles. The van der Waals surface area contributed by atoms with Crippen LogP contribution in [0.2, 0.25) is 0 Å². The fraction of sp³-hybridized carbons (Fsp3) is 1.00. The highest BCUT2D eigenvalue weighted by molar-refractivity contribution is 7.89. The fourth-order valence-electron chi connectivity index (χ4n) is 1.32. The third-order valence-electron chi connectivity index (χ3n) is 2.27. The van der Waals surface area contributed by atoms with Crippen molar-refractivity contribution in [1.82, 2.24) is 4.31 Å². The third-order valence-corrected chi connectivity index (χ3v) is 4.20. The van der Waals surface area contributed by atoms with Gasteiger partial charge in [0.1, 0.15) is 0 Å². The van der Waals surface area contributed by atoms with Crippen LogP contribution in [-0.2, 0) is 10.0 Å². The second-order valence-corrected chi connectivity index (χ2v) is 5.24. The summed E-state index contributed by atoms with van der Waals surface area (Å²) in [6.45, 7) is 4.16. The Morgan fingerprint density at radius 2 is 1.77 bits per heavy atom. The van der Waals surface area contributed by atoms with Crippen LogP contribution in [0.5, 0.6) is 0 Å². The summed E-state index contributed by atoms with van der Waals surface area (Å²) >= 11 is 0. The highest BCUT2D eigenvalue weighted by atomic mass is 32.2. The Kier molecular flexibility index (Phi) is 5.51. The maximum Gasteiger partial charge on any atom is 0.215 e. The van der Waals surface area contributed by atoms with E-state index in [9.17, 15) is 8.42 Å². The minimum Gasteiger partial charge on any atom is -0.329 e. The minimum absolute atomic E-state index is 0.0417. The second-order valence-electron chi connectivity index (χ2n) is 3.09. The number of nitrogens with zero attached hydrogens (tertiary/aromatic N) is 1. The summed E-state index contributed by atoms with van der Waals surface area (Å²) in [6.07, 6.45) is 1.69. The van der Waals surface area contributed by atoms with Crippen molar-refractivity contribution >= 4 is 10.0 Å². The molecule has 0 bridgehead atoms. The molecule has 0 rings (SSSR count). The molecule has 0 saturated carbocycles. The van der Waals surface area contributed by atoms with Crippen LogP contribution in [0, 0.1) is 0 Å². The van der Waals surface area contributed by atoms with Crippen molar-refractivity contribution in [2.75, 3.05) is 19.3 Å². The lowest BCUT2D eigenvalue weighted by Gasteiger charge is -2.25. The predicted molar refractivity (Wildman–Crippen MR) is 55.0 cm³/mol. The number of nitrogens with two attached hydrogens (primary N) is 1. The Morgan fingerprint density at radius 1 is 1.31 bits per heavy atom. The van der Waals surface area contributed by atoms with Gasteiger partial charge in [0.25, 0.3) is 0 Å².